The molecular formula is C12H21NS. The third-order valence-corrected chi connectivity index (χ3v) is 3.72. The summed E-state index contributed by atoms with van der Waals surface area (Å²) in [5, 5.41) is 5.57. The van der Waals surface area contributed by atoms with Crippen molar-refractivity contribution in [3.8, 4) is 0 Å². The Hall–Kier alpha value is -0.340. The van der Waals surface area contributed by atoms with E-state index in [1.165, 1.54) is 24.1 Å². The first kappa shape index (κ1) is 11.7. The molecule has 0 aliphatic carbocycles. The first-order valence-electron chi connectivity index (χ1n) is 5.45. The van der Waals surface area contributed by atoms with E-state index in [1.807, 2.05) is 11.3 Å². The first-order valence-corrected chi connectivity index (χ1v) is 6.33. The summed E-state index contributed by atoms with van der Waals surface area (Å²) in [5.41, 5.74) is 0. The summed E-state index contributed by atoms with van der Waals surface area (Å²) < 4.78 is 0. The van der Waals surface area contributed by atoms with E-state index in [9.17, 15) is 0 Å². The summed E-state index contributed by atoms with van der Waals surface area (Å²) >= 11 is 1.86. The van der Waals surface area contributed by atoms with E-state index in [2.05, 4.69) is 43.7 Å². The highest BCUT2D eigenvalue weighted by Gasteiger charge is 2.11. The number of nitrogens with one attached hydrogen (secondary N) is 1. The normalized spacial score (nSPS) is 15.4. The third-order valence-electron chi connectivity index (χ3n) is 2.82. The molecule has 1 rings (SSSR count). The Morgan fingerprint density at radius 3 is 2.79 bits per heavy atom. The Balaban J connectivity index is 2.39. The zero-order valence-electron chi connectivity index (χ0n) is 9.42. The molecule has 1 nitrogen and oxygen atoms in total. The van der Waals surface area contributed by atoms with Crippen LogP contribution in [0.3, 0.4) is 0 Å². The molecule has 0 saturated heterocycles. The minimum atomic E-state index is 0.642. The van der Waals surface area contributed by atoms with Gasteiger partial charge in [-0.2, -0.15) is 0 Å². The van der Waals surface area contributed by atoms with Crippen LogP contribution in [0.4, 0.5) is 0 Å². The van der Waals surface area contributed by atoms with E-state index in [4.69, 9.17) is 0 Å². The summed E-state index contributed by atoms with van der Waals surface area (Å²) in [4.78, 5) is 1.49. The fourth-order valence-electron chi connectivity index (χ4n) is 1.63. The first-order chi connectivity index (χ1) is 6.76. The summed E-state index contributed by atoms with van der Waals surface area (Å²) in [7, 11) is 2.07. The van der Waals surface area contributed by atoms with Gasteiger partial charge in [-0.1, -0.05) is 26.3 Å². The van der Waals surface area contributed by atoms with Crippen molar-refractivity contribution in [1.82, 2.24) is 5.32 Å². The molecule has 0 aromatic carbocycles. The average molecular weight is 211 g/mol. The zero-order chi connectivity index (χ0) is 10.4. The van der Waals surface area contributed by atoms with Crippen LogP contribution >= 0.6 is 11.3 Å². The number of hydrogen-bond acceptors (Lipinski definition) is 2. The van der Waals surface area contributed by atoms with E-state index < -0.39 is 0 Å². The maximum absolute atomic E-state index is 3.41. The van der Waals surface area contributed by atoms with Gasteiger partial charge in [0.25, 0.3) is 0 Å². The number of rotatable bonds is 6. The lowest BCUT2D eigenvalue weighted by molar-refractivity contribution is 0.412. The van der Waals surface area contributed by atoms with Crippen molar-refractivity contribution >= 4 is 11.3 Å². The van der Waals surface area contributed by atoms with Crippen LogP contribution in [0.15, 0.2) is 17.5 Å². The number of thiophene rings is 1. The molecule has 0 spiro atoms. The van der Waals surface area contributed by atoms with Gasteiger partial charge in [0.05, 0.1) is 0 Å². The molecule has 14 heavy (non-hydrogen) atoms. The molecule has 80 valence electrons. The summed E-state index contributed by atoms with van der Waals surface area (Å²) in [6.07, 6.45) is 3.74. The van der Waals surface area contributed by atoms with E-state index >= 15 is 0 Å². The van der Waals surface area contributed by atoms with Crippen LogP contribution < -0.4 is 5.32 Å². The fourth-order valence-corrected chi connectivity index (χ4v) is 2.41. The minimum absolute atomic E-state index is 0.642. The Kier molecular flexibility index (Phi) is 5.20. The van der Waals surface area contributed by atoms with Gasteiger partial charge in [0.15, 0.2) is 0 Å². The van der Waals surface area contributed by atoms with Crippen molar-refractivity contribution in [2.75, 3.05) is 7.05 Å². The largest absolute Gasteiger partial charge is 0.317 e. The molecule has 1 N–H and O–H groups in total. The summed E-state index contributed by atoms with van der Waals surface area (Å²) in [6.45, 7) is 4.60. The van der Waals surface area contributed by atoms with Crippen molar-refractivity contribution in [3.05, 3.63) is 22.4 Å². The Morgan fingerprint density at radius 1 is 1.50 bits per heavy atom. The Labute approximate surface area is 91.5 Å². The van der Waals surface area contributed by atoms with Crippen molar-refractivity contribution in [2.45, 2.75) is 39.2 Å². The highest BCUT2D eigenvalue weighted by Crippen LogP contribution is 2.16. The van der Waals surface area contributed by atoms with Gasteiger partial charge in [0, 0.05) is 10.9 Å². The molecule has 0 amide bonds. The maximum atomic E-state index is 3.41. The van der Waals surface area contributed by atoms with Crippen molar-refractivity contribution < 1.29 is 0 Å². The molecule has 0 saturated carbocycles. The van der Waals surface area contributed by atoms with Crippen molar-refractivity contribution in [3.63, 3.8) is 0 Å². The van der Waals surface area contributed by atoms with Gasteiger partial charge in [-0.05, 0) is 37.3 Å². The van der Waals surface area contributed by atoms with Gasteiger partial charge in [-0.15, -0.1) is 11.3 Å². The molecule has 0 fully saturated rings. The predicted molar refractivity (Wildman–Crippen MR) is 64.9 cm³/mol. The second kappa shape index (κ2) is 6.20. The van der Waals surface area contributed by atoms with Crippen LogP contribution in [0.2, 0.25) is 0 Å². The molecule has 2 atom stereocenters. The smallest absolute Gasteiger partial charge is 0.0115 e. The molecule has 0 bridgehead atoms. The van der Waals surface area contributed by atoms with E-state index in [0.29, 0.717) is 6.04 Å². The molecule has 1 heterocycles. The topological polar surface area (TPSA) is 12.0 Å². The average Bonchev–Trinajstić information content (AvgIpc) is 2.69. The van der Waals surface area contributed by atoms with Crippen LogP contribution in [0.25, 0.3) is 0 Å². The summed E-state index contributed by atoms with van der Waals surface area (Å²) in [5.74, 6) is 0.826. The molecule has 1 aromatic rings. The lowest BCUT2D eigenvalue weighted by Crippen LogP contribution is -2.29. The van der Waals surface area contributed by atoms with Crippen LogP contribution in [0.1, 0.15) is 31.6 Å². The molecule has 0 aliphatic heterocycles. The van der Waals surface area contributed by atoms with Crippen LogP contribution in [0.5, 0.6) is 0 Å². The standard InChI is InChI=1S/C12H21NS/c1-4-10(2)8-11(13-3)9-12-6-5-7-14-12/h5-7,10-11,13H,4,8-9H2,1-3H3. The van der Waals surface area contributed by atoms with Gasteiger partial charge >= 0.3 is 0 Å². The van der Waals surface area contributed by atoms with E-state index in [-0.39, 0.29) is 0 Å². The molecule has 1 aromatic heterocycles. The lowest BCUT2D eigenvalue weighted by Gasteiger charge is -2.18. The Morgan fingerprint density at radius 2 is 2.29 bits per heavy atom. The summed E-state index contributed by atoms with van der Waals surface area (Å²) in [6, 6.07) is 5.00. The molecule has 0 aliphatic rings. The molecule has 2 heteroatoms. The van der Waals surface area contributed by atoms with Gasteiger partial charge in [-0.3, -0.25) is 0 Å². The van der Waals surface area contributed by atoms with Crippen molar-refractivity contribution in [2.24, 2.45) is 5.92 Å². The van der Waals surface area contributed by atoms with Crippen LogP contribution in [-0.2, 0) is 6.42 Å². The number of hydrogen-bond donors (Lipinski definition) is 1. The second-order valence-electron chi connectivity index (χ2n) is 4.02. The molecular weight excluding hydrogens is 190 g/mol. The van der Waals surface area contributed by atoms with Gasteiger partial charge < -0.3 is 5.32 Å². The minimum Gasteiger partial charge on any atom is -0.317 e. The fraction of sp³-hybridized carbons (Fsp3) is 0.667. The van der Waals surface area contributed by atoms with Crippen LogP contribution in [0, 0.1) is 5.92 Å². The molecule has 0 radical (unpaired) electrons. The van der Waals surface area contributed by atoms with Gasteiger partial charge in [0.1, 0.15) is 0 Å². The second-order valence-corrected chi connectivity index (χ2v) is 5.05. The van der Waals surface area contributed by atoms with Gasteiger partial charge in [0.2, 0.25) is 0 Å². The Bertz CT molecular complexity index is 230. The quantitative estimate of drug-likeness (QED) is 0.761. The highest BCUT2D eigenvalue weighted by molar-refractivity contribution is 7.09. The van der Waals surface area contributed by atoms with Gasteiger partial charge in [-0.25, -0.2) is 0 Å². The number of likely N-dealkylation sites (N-methyl/N-ethyl adjacent to an activating group) is 1. The predicted octanol–water partition coefficient (Wildman–Crippen LogP) is 3.31. The molecule has 2 unspecified atom stereocenters. The van der Waals surface area contributed by atoms with E-state index in [1.54, 1.807) is 0 Å². The van der Waals surface area contributed by atoms with E-state index in [0.717, 1.165) is 5.92 Å². The van der Waals surface area contributed by atoms with Crippen LogP contribution in [-0.4, -0.2) is 13.1 Å². The highest BCUT2D eigenvalue weighted by atomic mass is 32.1. The van der Waals surface area contributed by atoms with Crippen molar-refractivity contribution in [1.29, 1.82) is 0 Å². The third kappa shape index (κ3) is 3.81. The SMILES string of the molecule is CCC(C)CC(Cc1cccs1)NC. The zero-order valence-corrected chi connectivity index (χ0v) is 10.2. The lowest BCUT2D eigenvalue weighted by atomic mass is 9.97. The maximum Gasteiger partial charge on any atom is 0.0115 e. The monoisotopic (exact) mass is 211 g/mol.